The summed E-state index contributed by atoms with van der Waals surface area (Å²) in [6.45, 7) is 3.53. The molecule has 0 aliphatic carbocycles. The zero-order chi connectivity index (χ0) is 24.5. The molecule has 1 saturated heterocycles. The van der Waals surface area contributed by atoms with Crippen LogP contribution in [0.2, 0.25) is 5.02 Å². The van der Waals surface area contributed by atoms with Crippen LogP contribution >= 0.6 is 11.6 Å². The van der Waals surface area contributed by atoms with Crippen molar-refractivity contribution in [2.24, 2.45) is 11.1 Å². The van der Waals surface area contributed by atoms with Gasteiger partial charge in [0.25, 0.3) is 5.91 Å². The van der Waals surface area contributed by atoms with Crippen molar-refractivity contribution in [2.45, 2.75) is 58.3 Å². The van der Waals surface area contributed by atoms with Gasteiger partial charge in [-0.05, 0) is 56.4 Å². The lowest BCUT2D eigenvalue weighted by Gasteiger charge is -2.26. The Morgan fingerprint density at radius 3 is 2.71 bits per heavy atom. The molecule has 0 saturated carbocycles. The number of fused-ring (bicyclic) bond motifs is 1. The largest absolute Gasteiger partial charge is 0.507 e. The molecule has 2 aliphatic heterocycles. The molecule has 1 amide bonds. The number of aromatic hydroxyl groups is 2. The average molecular weight is 493 g/mol. The number of phenols is 2. The van der Waals surface area contributed by atoms with Crippen LogP contribution in [0, 0.1) is 5.92 Å². The summed E-state index contributed by atoms with van der Waals surface area (Å²) in [4.78, 5) is 32.4. The smallest absolute Gasteiger partial charge is 0.342 e. The van der Waals surface area contributed by atoms with Gasteiger partial charge in [-0.1, -0.05) is 35.8 Å². The predicted octanol–water partition coefficient (Wildman–Crippen LogP) is 4.60. The number of hydrogen-bond donors (Lipinski definition) is 2. The number of amides is 1. The van der Waals surface area contributed by atoms with Crippen LogP contribution in [0.3, 0.4) is 0 Å². The highest BCUT2D eigenvalue weighted by Crippen LogP contribution is 2.37. The molecular weight excluding hydrogens is 460 g/mol. The second-order valence-corrected chi connectivity index (χ2v) is 9.29. The van der Waals surface area contributed by atoms with E-state index >= 15 is 0 Å². The van der Waals surface area contributed by atoms with Crippen LogP contribution in [-0.2, 0) is 20.8 Å². The summed E-state index contributed by atoms with van der Waals surface area (Å²) in [5.41, 5.74) is 0.670. The Morgan fingerprint density at radius 1 is 1.21 bits per heavy atom. The van der Waals surface area contributed by atoms with Gasteiger partial charge in [0.05, 0.1) is 17.3 Å². The van der Waals surface area contributed by atoms with Crippen LogP contribution in [-0.4, -0.2) is 59.0 Å². The van der Waals surface area contributed by atoms with Crippen LogP contribution in [0.5, 0.6) is 11.5 Å². The fraction of sp³-hybridized carbons (Fsp3) is 0.560. The minimum Gasteiger partial charge on any atom is -0.507 e. The van der Waals surface area contributed by atoms with Gasteiger partial charge in [0.1, 0.15) is 17.1 Å². The van der Waals surface area contributed by atoms with Crippen LogP contribution < -0.4 is 0 Å². The lowest BCUT2D eigenvalue weighted by Crippen LogP contribution is -2.37. The van der Waals surface area contributed by atoms with E-state index in [2.05, 4.69) is 18.2 Å². The number of carbonyl (C=O) groups excluding carboxylic acids is 2. The van der Waals surface area contributed by atoms with E-state index in [9.17, 15) is 19.8 Å². The van der Waals surface area contributed by atoms with Gasteiger partial charge in [-0.25, -0.2) is 4.79 Å². The molecule has 3 rings (SSSR count). The molecule has 186 valence electrons. The van der Waals surface area contributed by atoms with E-state index in [1.807, 2.05) is 6.08 Å². The summed E-state index contributed by atoms with van der Waals surface area (Å²) < 4.78 is 5.31. The molecule has 1 aromatic rings. The molecule has 0 radical (unpaired) electrons. The number of phenolic OH excluding ortho intramolecular Hbond substituents is 2. The zero-order valence-corrected chi connectivity index (χ0v) is 20.4. The Labute approximate surface area is 205 Å². The zero-order valence-electron chi connectivity index (χ0n) is 19.6. The molecule has 9 heteroatoms. The number of benzene rings is 1. The normalized spacial score (nSPS) is 22.4. The quantitative estimate of drug-likeness (QED) is 0.362. The second kappa shape index (κ2) is 12.6. The molecular formula is C25H33ClN2O6. The molecule has 1 aromatic carbocycles. The standard InChI is InChI=1S/C25H33ClN2O6/c1-17-9-5-2-3-8-12-33-25(32)23-19(24(26)21(30)15-20(23)29)14-18(13-17)27-34-16-22(31)28-10-6-4-7-11-28/h2-3,15,17,29-30H,4-14,16H2,1H3/b3-2+,27-18?. The number of piperidine rings is 1. The van der Waals surface area contributed by atoms with Gasteiger partial charge < -0.3 is 24.7 Å². The number of carbonyl (C=O) groups is 2. The summed E-state index contributed by atoms with van der Waals surface area (Å²) in [6, 6.07) is 1.03. The minimum absolute atomic E-state index is 0.0542. The second-order valence-electron chi connectivity index (χ2n) is 8.91. The molecule has 1 atom stereocenters. The highest BCUT2D eigenvalue weighted by atomic mass is 35.5. The monoisotopic (exact) mass is 492 g/mol. The summed E-state index contributed by atoms with van der Waals surface area (Å²) in [5.74, 6) is -1.36. The first-order valence-electron chi connectivity index (χ1n) is 11.9. The third-order valence-corrected chi connectivity index (χ3v) is 6.51. The number of likely N-dealkylation sites (tertiary alicyclic amines) is 1. The van der Waals surface area contributed by atoms with Gasteiger partial charge in [-0.15, -0.1) is 0 Å². The Hall–Kier alpha value is -2.74. The van der Waals surface area contributed by atoms with Gasteiger partial charge in [0, 0.05) is 25.6 Å². The number of allylic oxidation sites excluding steroid dienone is 1. The Morgan fingerprint density at radius 2 is 1.94 bits per heavy atom. The number of ether oxygens (including phenoxy) is 1. The van der Waals surface area contributed by atoms with Crippen molar-refractivity contribution in [1.29, 1.82) is 0 Å². The predicted molar refractivity (Wildman–Crippen MR) is 129 cm³/mol. The van der Waals surface area contributed by atoms with E-state index in [1.165, 1.54) is 0 Å². The summed E-state index contributed by atoms with van der Waals surface area (Å²) in [5, 5.41) is 24.8. The Bertz CT molecular complexity index is 940. The van der Waals surface area contributed by atoms with Crippen molar-refractivity contribution >= 4 is 29.2 Å². The van der Waals surface area contributed by atoms with E-state index in [-0.39, 0.29) is 53.4 Å². The third-order valence-electron chi connectivity index (χ3n) is 6.09. The highest BCUT2D eigenvalue weighted by Gasteiger charge is 2.25. The molecule has 0 aromatic heterocycles. The molecule has 1 fully saturated rings. The van der Waals surface area contributed by atoms with E-state index in [4.69, 9.17) is 21.2 Å². The maximum atomic E-state index is 12.7. The SMILES string of the molecule is CC1CC/C=C/CCOC(=O)c2c(O)cc(O)c(Cl)c2CC(=NOCC(=O)N2CCCCC2)C1. The molecule has 0 spiro atoms. The molecule has 34 heavy (non-hydrogen) atoms. The Kier molecular flexibility index (Phi) is 9.62. The number of cyclic esters (lactones) is 1. The van der Waals surface area contributed by atoms with Gasteiger partial charge in [-0.3, -0.25) is 4.79 Å². The topological polar surface area (TPSA) is 109 Å². The maximum Gasteiger partial charge on any atom is 0.342 e. The number of oxime groups is 1. The molecule has 2 N–H and O–H groups in total. The molecule has 2 aliphatic rings. The number of hydrogen-bond acceptors (Lipinski definition) is 7. The van der Waals surface area contributed by atoms with E-state index < -0.39 is 11.7 Å². The van der Waals surface area contributed by atoms with Crippen LogP contribution in [0.1, 0.15) is 67.8 Å². The summed E-state index contributed by atoms with van der Waals surface area (Å²) >= 11 is 6.35. The van der Waals surface area contributed by atoms with E-state index in [0.717, 1.165) is 51.3 Å². The molecule has 8 nitrogen and oxygen atoms in total. The van der Waals surface area contributed by atoms with Crippen molar-refractivity contribution < 1.29 is 29.4 Å². The Balaban J connectivity index is 1.86. The van der Waals surface area contributed by atoms with Gasteiger partial charge >= 0.3 is 5.97 Å². The van der Waals surface area contributed by atoms with E-state index in [1.54, 1.807) is 4.90 Å². The fourth-order valence-corrected chi connectivity index (χ4v) is 4.47. The molecule has 2 heterocycles. The number of rotatable bonds is 3. The first kappa shape index (κ1) is 25.9. The average Bonchev–Trinajstić information content (AvgIpc) is 2.81. The van der Waals surface area contributed by atoms with Crippen molar-refractivity contribution in [3.8, 4) is 11.5 Å². The first-order chi connectivity index (χ1) is 16.4. The third kappa shape index (κ3) is 7.13. The van der Waals surface area contributed by atoms with Crippen LogP contribution in [0.25, 0.3) is 0 Å². The fourth-order valence-electron chi connectivity index (χ4n) is 4.25. The van der Waals surface area contributed by atoms with Crippen molar-refractivity contribution in [2.75, 3.05) is 26.3 Å². The van der Waals surface area contributed by atoms with E-state index in [0.29, 0.717) is 18.6 Å². The lowest BCUT2D eigenvalue weighted by molar-refractivity contribution is -0.137. The minimum atomic E-state index is -0.728. The van der Waals surface area contributed by atoms with Crippen molar-refractivity contribution in [1.82, 2.24) is 4.90 Å². The molecule has 0 bridgehead atoms. The lowest BCUT2D eigenvalue weighted by atomic mass is 9.93. The van der Waals surface area contributed by atoms with Gasteiger partial charge in [0.15, 0.2) is 6.61 Å². The van der Waals surface area contributed by atoms with Crippen LogP contribution in [0.4, 0.5) is 0 Å². The van der Waals surface area contributed by atoms with Gasteiger partial charge in [0.2, 0.25) is 0 Å². The van der Waals surface area contributed by atoms with Crippen LogP contribution in [0.15, 0.2) is 23.4 Å². The first-order valence-corrected chi connectivity index (χ1v) is 12.3. The van der Waals surface area contributed by atoms with Crippen molar-refractivity contribution in [3.05, 3.63) is 34.4 Å². The van der Waals surface area contributed by atoms with Gasteiger partial charge in [-0.2, -0.15) is 0 Å². The summed E-state index contributed by atoms with van der Waals surface area (Å²) in [7, 11) is 0. The number of nitrogens with zero attached hydrogens (tertiary/aromatic N) is 2. The highest BCUT2D eigenvalue weighted by molar-refractivity contribution is 6.33. The maximum absolute atomic E-state index is 12.7. The summed E-state index contributed by atoms with van der Waals surface area (Å²) in [6.07, 6.45) is 10.1. The molecule has 1 unspecified atom stereocenters. The van der Waals surface area contributed by atoms with Crippen molar-refractivity contribution in [3.63, 3.8) is 0 Å². The number of esters is 1. The number of halogens is 1.